The van der Waals surface area contributed by atoms with Crippen LogP contribution in [0.4, 0.5) is 0 Å². The lowest BCUT2D eigenvalue weighted by Gasteiger charge is -2.15. The summed E-state index contributed by atoms with van der Waals surface area (Å²) >= 11 is 0. The smallest absolute Gasteiger partial charge is 0.244 e. The van der Waals surface area contributed by atoms with E-state index in [-0.39, 0.29) is 18.2 Å². The van der Waals surface area contributed by atoms with Crippen LogP contribution in [0.1, 0.15) is 26.7 Å². The molecule has 1 saturated heterocycles. The van der Waals surface area contributed by atoms with Gasteiger partial charge in [0.2, 0.25) is 11.8 Å². The minimum absolute atomic E-state index is 0.174. The van der Waals surface area contributed by atoms with Crippen molar-refractivity contribution < 1.29 is 14.7 Å². The molecule has 0 saturated carbocycles. The van der Waals surface area contributed by atoms with Gasteiger partial charge in [0.05, 0.1) is 18.6 Å². The minimum atomic E-state index is -0.473. The Morgan fingerprint density at radius 2 is 2.20 bits per heavy atom. The molecular formula is C10H18N2O3. The molecule has 15 heavy (non-hydrogen) atoms. The predicted molar refractivity (Wildman–Crippen MR) is 55.0 cm³/mol. The maximum absolute atomic E-state index is 11.1. The molecule has 0 aliphatic carbocycles. The first-order valence-corrected chi connectivity index (χ1v) is 5.24. The summed E-state index contributed by atoms with van der Waals surface area (Å²) in [6, 6.07) is -0.473. The highest BCUT2D eigenvalue weighted by molar-refractivity contribution is 6.05. The lowest BCUT2D eigenvalue weighted by atomic mass is 10.1. The Hall–Kier alpha value is -0.940. The molecule has 0 aromatic carbocycles. The zero-order valence-corrected chi connectivity index (χ0v) is 9.12. The van der Waals surface area contributed by atoms with E-state index in [1.807, 2.05) is 13.8 Å². The summed E-state index contributed by atoms with van der Waals surface area (Å²) in [6.07, 6.45) is 0.399. The number of hydrogen-bond donors (Lipinski definition) is 3. The highest BCUT2D eigenvalue weighted by Crippen LogP contribution is 2.05. The molecule has 1 fully saturated rings. The summed E-state index contributed by atoms with van der Waals surface area (Å²) < 4.78 is 0. The first kappa shape index (κ1) is 12.1. The number of amides is 2. The Morgan fingerprint density at radius 1 is 1.53 bits per heavy atom. The Bertz CT molecular complexity index is 253. The molecule has 1 heterocycles. The maximum Gasteiger partial charge on any atom is 0.244 e. The fraction of sp³-hybridized carbons (Fsp3) is 0.800. The molecule has 2 amide bonds. The molecule has 0 aromatic rings. The van der Waals surface area contributed by atoms with Crippen molar-refractivity contribution in [3.8, 4) is 0 Å². The molecule has 2 atom stereocenters. The molecule has 1 aliphatic rings. The summed E-state index contributed by atoms with van der Waals surface area (Å²) in [5.74, 6) is -0.131. The zero-order chi connectivity index (χ0) is 11.4. The van der Waals surface area contributed by atoms with Crippen molar-refractivity contribution >= 4 is 11.8 Å². The first-order valence-electron chi connectivity index (χ1n) is 5.24. The third kappa shape index (κ3) is 3.97. The van der Waals surface area contributed by atoms with Crippen LogP contribution >= 0.6 is 0 Å². The van der Waals surface area contributed by atoms with Crippen LogP contribution in [-0.2, 0) is 9.59 Å². The van der Waals surface area contributed by atoms with Crippen molar-refractivity contribution in [2.45, 2.75) is 38.8 Å². The van der Waals surface area contributed by atoms with E-state index < -0.39 is 12.1 Å². The van der Waals surface area contributed by atoms with Crippen LogP contribution in [0.3, 0.4) is 0 Å². The van der Waals surface area contributed by atoms with Crippen molar-refractivity contribution in [2.75, 3.05) is 6.54 Å². The summed E-state index contributed by atoms with van der Waals surface area (Å²) in [5, 5.41) is 14.6. The number of carbonyl (C=O) groups is 2. The number of imide groups is 1. The molecule has 1 aliphatic heterocycles. The van der Waals surface area contributed by atoms with Gasteiger partial charge in [0, 0.05) is 6.54 Å². The predicted octanol–water partition coefficient (Wildman–Crippen LogP) is -0.602. The van der Waals surface area contributed by atoms with Crippen LogP contribution in [-0.4, -0.2) is 35.6 Å². The summed E-state index contributed by atoms with van der Waals surface area (Å²) in [4.78, 5) is 22.0. The van der Waals surface area contributed by atoms with Gasteiger partial charge in [-0.05, 0) is 12.3 Å². The van der Waals surface area contributed by atoms with E-state index in [1.54, 1.807) is 0 Å². The third-order valence-electron chi connectivity index (χ3n) is 2.31. The Kier molecular flexibility index (Phi) is 4.23. The van der Waals surface area contributed by atoms with Gasteiger partial charge in [-0.1, -0.05) is 13.8 Å². The van der Waals surface area contributed by atoms with E-state index >= 15 is 0 Å². The standard InChI is InChI=1S/C10H18N2O3/c1-6(2)3-7(13)5-11-8-4-9(14)12-10(8)15/h6-8,11,13H,3-5H2,1-2H3,(H,12,14,15). The molecule has 86 valence electrons. The fourth-order valence-corrected chi connectivity index (χ4v) is 1.62. The van der Waals surface area contributed by atoms with Gasteiger partial charge < -0.3 is 10.4 Å². The van der Waals surface area contributed by atoms with Gasteiger partial charge in [0.25, 0.3) is 0 Å². The molecular weight excluding hydrogens is 196 g/mol. The summed E-state index contributed by atoms with van der Waals surface area (Å²) in [6.45, 7) is 4.40. The molecule has 5 heteroatoms. The van der Waals surface area contributed by atoms with Crippen LogP contribution in [0, 0.1) is 5.92 Å². The van der Waals surface area contributed by atoms with Gasteiger partial charge >= 0.3 is 0 Å². The van der Waals surface area contributed by atoms with Crippen molar-refractivity contribution in [1.29, 1.82) is 0 Å². The largest absolute Gasteiger partial charge is 0.392 e. The molecule has 0 spiro atoms. The van der Waals surface area contributed by atoms with Crippen molar-refractivity contribution in [1.82, 2.24) is 10.6 Å². The van der Waals surface area contributed by atoms with Crippen LogP contribution in [0.15, 0.2) is 0 Å². The number of aliphatic hydroxyl groups is 1. The zero-order valence-electron chi connectivity index (χ0n) is 9.12. The molecule has 0 aromatic heterocycles. The van der Waals surface area contributed by atoms with Crippen LogP contribution in [0.2, 0.25) is 0 Å². The van der Waals surface area contributed by atoms with Crippen molar-refractivity contribution in [3.05, 3.63) is 0 Å². The molecule has 5 nitrogen and oxygen atoms in total. The number of carbonyl (C=O) groups excluding carboxylic acids is 2. The fourth-order valence-electron chi connectivity index (χ4n) is 1.62. The van der Waals surface area contributed by atoms with E-state index in [2.05, 4.69) is 10.6 Å². The Balaban J connectivity index is 2.25. The molecule has 0 radical (unpaired) electrons. The maximum atomic E-state index is 11.1. The molecule has 1 rings (SSSR count). The molecule has 0 bridgehead atoms. The monoisotopic (exact) mass is 214 g/mol. The van der Waals surface area contributed by atoms with Gasteiger partial charge in [-0.15, -0.1) is 0 Å². The SMILES string of the molecule is CC(C)CC(O)CNC1CC(=O)NC1=O. The second-order valence-electron chi connectivity index (χ2n) is 4.36. The van der Waals surface area contributed by atoms with Crippen LogP contribution < -0.4 is 10.6 Å². The average molecular weight is 214 g/mol. The second kappa shape index (κ2) is 5.23. The Morgan fingerprint density at radius 3 is 2.67 bits per heavy atom. The second-order valence-corrected chi connectivity index (χ2v) is 4.36. The van der Waals surface area contributed by atoms with E-state index in [9.17, 15) is 14.7 Å². The van der Waals surface area contributed by atoms with Crippen molar-refractivity contribution in [2.24, 2.45) is 5.92 Å². The van der Waals surface area contributed by atoms with Crippen LogP contribution in [0.5, 0.6) is 0 Å². The number of nitrogens with one attached hydrogen (secondary N) is 2. The van der Waals surface area contributed by atoms with Crippen LogP contribution in [0.25, 0.3) is 0 Å². The van der Waals surface area contributed by atoms with Gasteiger partial charge in [-0.2, -0.15) is 0 Å². The quantitative estimate of drug-likeness (QED) is 0.534. The number of hydrogen-bond acceptors (Lipinski definition) is 4. The highest BCUT2D eigenvalue weighted by Gasteiger charge is 2.30. The first-order chi connectivity index (χ1) is 6.99. The average Bonchev–Trinajstić information content (AvgIpc) is 2.40. The molecule has 3 N–H and O–H groups in total. The number of rotatable bonds is 5. The van der Waals surface area contributed by atoms with Gasteiger partial charge in [-0.25, -0.2) is 0 Å². The van der Waals surface area contributed by atoms with E-state index in [4.69, 9.17) is 0 Å². The Labute approximate surface area is 89.2 Å². The normalized spacial score (nSPS) is 23.3. The van der Waals surface area contributed by atoms with E-state index in [1.165, 1.54) is 0 Å². The van der Waals surface area contributed by atoms with E-state index in [0.29, 0.717) is 18.9 Å². The van der Waals surface area contributed by atoms with Gasteiger partial charge in [0.15, 0.2) is 0 Å². The summed E-state index contributed by atoms with van der Waals surface area (Å²) in [5.41, 5.74) is 0. The van der Waals surface area contributed by atoms with E-state index in [0.717, 1.165) is 0 Å². The minimum Gasteiger partial charge on any atom is -0.392 e. The van der Waals surface area contributed by atoms with Crippen molar-refractivity contribution in [3.63, 3.8) is 0 Å². The molecule has 2 unspecified atom stereocenters. The lowest BCUT2D eigenvalue weighted by molar-refractivity contribution is -0.125. The lowest BCUT2D eigenvalue weighted by Crippen LogP contribution is -2.40. The van der Waals surface area contributed by atoms with Gasteiger partial charge in [-0.3, -0.25) is 14.9 Å². The van der Waals surface area contributed by atoms with Gasteiger partial charge in [0.1, 0.15) is 0 Å². The third-order valence-corrected chi connectivity index (χ3v) is 2.31. The summed E-state index contributed by atoms with van der Waals surface area (Å²) in [7, 11) is 0. The number of aliphatic hydroxyl groups excluding tert-OH is 1. The highest BCUT2D eigenvalue weighted by atomic mass is 16.3. The topological polar surface area (TPSA) is 78.4 Å².